The van der Waals surface area contributed by atoms with E-state index in [0.717, 1.165) is 17.0 Å². The molecule has 0 saturated carbocycles. The second-order valence-corrected chi connectivity index (χ2v) is 6.05. The minimum atomic E-state index is -0.769. The van der Waals surface area contributed by atoms with Gasteiger partial charge >= 0.3 is 0 Å². The predicted octanol–water partition coefficient (Wildman–Crippen LogP) is 2.38. The van der Waals surface area contributed by atoms with E-state index in [4.69, 9.17) is 5.73 Å². The van der Waals surface area contributed by atoms with E-state index >= 15 is 0 Å². The zero-order chi connectivity index (χ0) is 21.3. The van der Waals surface area contributed by atoms with Crippen LogP contribution in [0.5, 0.6) is 0 Å². The highest BCUT2D eigenvalue weighted by atomic mass is 19.1. The van der Waals surface area contributed by atoms with Gasteiger partial charge in [0.1, 0.15) is 52.9 Å². The normalized spacial score (nSPS) is 10.4. The van der Waals surface area contributed by atoms with Crippen molar-refractivity contribution < 1.29 is 4.39 Å². The maximum Gasteiger partial charge on any atom is 0.268 e. The number of nitrogens with zero attached hydrogens (tertiary/aromatic N) is 6. The molecule has 0 bridgehead atoms. The maximum atomic E-state index is 14.5. The fourth-order valence-electron chi connectivity index (χ4n) is 3.06. The molecule has 0 fully saturated rings. The molecule has 0 spiro atoms. The summed E-state index contributed by atoms with van der Waals surface area (Å²) in [6.07, 6.45) is 2.58. The second-order valence-electron chi connectivity index (χ2n) is 6.05. The van der Waals surface area contributed by atoms with Crippen molar-refractivity contribution in [2.75, 3.05) is 11.1 Å². The van der Waals surface area contributed by atoms with Crippen molar-refractivity contribution in [1.29, 1.82) is 10.5 Å². The van der Waals surface area contributed by atoms with E-state index in [1.54, 1.807) is 12.1 Å². The molecule has 3 aromatic heterocycles. The molecule has 0 saturated heterocycles. The molecule has 9 nitrogen and oxygen atoms in total. The van der Waals surface area contributed by atoms with Crippen molar-refractivity contribution in [3.8, 4) is 18.0 Å². The number of pyridine rings is 2. The lowest BCUT2D eigenvalue weighted by atomic mass is 10.1. The van der Waals surface area contributed by atoms with Crippen LogP contribution in [0.2, 0.25) is 0 Å². The van der Waals surface area contributed by atoms with Gasteiger partial charge in [-0.3, -0.25) is 4.79 Å². The number of hydrogen-bond acceptors (Lipinski definition) is 8. The topological polar surface area (TPSA) is 146 Å². The minimum absolute atomic E-state index is 0.0127. The minimum Gasteiger partial charge on any atom is -0.382 e. The van der Waals surface area contributed by atoms with Crippen LogP contribution in [0.1, 0.15) is 11.1 Å². The fourth-order valence-corrected chi connectivity index (χ4v) is 3.06. The summed E-state index contributed by atoms with van der Waals surface area (Å²) < 4.78 is 15.6. The molecule has 0 amide bonds. The number of benzene rings is 1. The Bertz CT molecular complexity index is 1430. The monoisotopic (exact) mass is 398 g/mol. The van der Waals surface area contributed by atoms with Crippen molar-refractivity contribution in [2.45, 2.75) is 0 Å². The van der Waals surface area contributed by atoms with Gasteiger partial charge in [0.2, 0.25) is 0 Å². The second kappa shape index (κ2) is 7.30. The summed E-state index contributed by atoms with van der Waals surface area (Å²) in [7, 11) is 0. The Labute approximate surface area is 168 Å². The number of hydrogen-bond donors (Lipinski definition) is 2. The van der Waals surface area contributed by atoms with Crippen molar-refractivity contribution in [3.05, 3.63) is 76.2 Å². The molecule has 0 unspecified atom stereocenters. The van der Waals surface area contributed by atoms with Crippen molar-refractivity contribution in [3.63, 3.8) is 0 Å². The average Bonchev–Trinajstić information content (AvgIpc) is 2.75. The molecule has 4 aromatic rings. The van der Waals surface area contributed by atoms with Gasteiger partial charge in [0, 0.05) is 11.6 Å². The smallest absolute Gasteiger partial charge is 0.268 e. The summed E-state index contributed by atoms with van der Waals surface area (Å²) in [5.74, 6) is -0.747. The van der Waals surface area contributed by atoms with Crippen molar-refractivity contribution >= 4 is 28.2 Å². The first-order chi connectivity index (χ1) is 14.6. The van der Waals surface area contributed by atoms with Crippen LogP contribution in [-0.4, -0.2) is 19.5 Å². The number of halogens is 1. The number of fused-ring (bicyclic) bond motifs is 1. The van der Waals surface area contributed by atoms with Gasteiger partial charge in [-0.05, 0) is 18.2 Å². The highest BCUT2D eigenvalue weighted by Crippen LogP contribution is 2.29. The van der Waals surface area contributed by atoms with E-state index in [0.29, 0.717) is 0 Å². The highest BCUT2D eigenvalue weighted by molar-refractivity contribution is 5.93. The summed E-state index contributed by atoms with van der Waals surface area (Å²) in [6.45, 7) is 0. The Morgan fingerprint density at radius 3 is 2.53 bits per heavy atom. The van der Waals surface area contributed by atoms with Crippen LogP contribution in [0.15, 0.2) is 53.7 Å². The third-order valence-corrected chi connectivity index (χ3v) is 4.38. The molecule has 0 atom stereocenters. The number of nitrogens with one attached hydrogen (secondary N) is 1. The average molecular weight is 398 g/mol. The number of nitrogen functional groups attached to an aromatic ring is 1. The molecular formula is C20H11FN8O. The van der Waals surface area contributed by atoms with Gasteiger partial charge in [0.15, 0.2) is 5.82 Å². The maximum absolute atomic E-state index is 14.5. The predicted molar refractivity (Wildman–Crippen MR) is 106 cm³/mol. The zero-order valence-corrected chi connectivity index (χ0v) is 15.2. The molecule has 0 radical (unpaired) electrons. The lowest BCUT2D eigenvalue weighted by molar-refractivity contribution is 0.638. The van der Waals surface area contributed by atoms with Crippen molar-refractivity contribution in [1.82, 2.24) is 19.5 Å². The van der Waals surface area contributed by atoms with Crippen LogP contribution in [0, 0.1) is 28.5 Å². The molecule has 3 heterocycles. The van der Waals surface area contributed by atoms with E-state index in [9.17, 15) is 19.7 Å². The molecule has 0 aliphatic heterocycles. The molecule has 10 heteroatoms. The first-order valence-electron chi connectivity index (χ1n) is 8.53. The molecule has 144 valence electrons. The Kier molecular flexibility index (Phi) is 4.51. The van der Waals surface area contributed by atoms with Crippen molar-refractivity contribution in [2.24, 2.45) is 0 Å². The number of aromatic nitrogens is 4. The molecule has 30 heavy (non-hydrogen) atoms. The molecule has 0 aliphatic carbocycles. The van der Waals surface area contributed by atoms with Gasteiger partial charge in [-0.25, -0.2) is 23.9 Å². The van der Waals surface area contributed by atoms with Crippen LogP contribution < -0.4 is 16.6 Å². The molecular weight excluding hydrogens is 387 g/mol. The number of anilines is 3. The fraction of sp³-hybridized carbons (Fsp3) is 0. The first kappa shape index (κ1) is 18.5. The van der Waals surface area contributed by atoms with Gasteiger partial charge in [0.25, 0.3) is 5.56 Å². The summed E-state index contributed by atoms with van der Waals surface area (Å²) in [4.78, 5) is 25.2. The van der Waals surface area contributed by atoms with Crippen LogP contribution in [0.25, 0.3) is 16.6 Å². The van der Waals surface area contributed by atoms with E-state index < -0.39 is 11.4 Å². The lowest BCUT2D eigenvalue weighted by Gasteiger charge is -2.17. The molecule has 4 rings (SSSR count). The van der Waals surface area contributed by atoms with E-state index in [1.165, 1.54) is 24.4 Å². The molecule has 3 N–H and O–H groups in total. The van der Waals surface area contributed by atoms with E-state index in [2.05, 4.69) is 20.3 Å². The third kappa shape index (κ3) is 2.85. The van der Waals surface area contributed by atoms with E-state index in [1.807, 2.05) is 12.1 Å². The highest BCUT2D eigenvalue weighted by Gasteiger charge is 2.22. The Hall–Kier alpha value is -4.83. The molecule has 0 aliphatic rings. The Balaban J connectivity index is 2.14. The van der Waals surface area contributed by atoms with E-state index in [-0.39, 0.29) is 45.2 Å². The number of nitriles is 2. The van der Waals surface area contributed by atoms with Gasteiger partial charge in [-0.15, -0.1) is 0 Å². The van der Waals surface area contributed by atoms with Crippen LogP contribution >= 0.6 is 0 Å². The van der Waals surface area contributed by atoms with Crippen LogP contribution in [0.4, 0.5) is 21.8 Å². The Morgan fingerprint density at radius 2 is 1.83 bits per heavy atom. The summed E-state index contributed by atoms with van der Waals surface area (Å²) in [6, 6.07) is 12.7. The van der Waals surface area contributed by atoms with Gasteiger partial charge in [0.05, 0.1) is 5.39 Å². The summed E-state index contributed by atoms with van der Waals surface area (Å²) in [5, 5.41) is 21.9. The number of nitrogens with two attached hydrogens (primary N) is 1. The lowest BCUT2D eigenvalue weighted by Crippen LogP contribution is -2.24. The van der Waals surface area contributed by atoms with Gasteiger partial charge < -0.3 is 11.1 Å². The third-order valence-electron chi connectivity index (χ3n) is 4.38. The summed E-state index contributed by atoms with van der Waals surface area (Å²) >= 11 is 0. The first-order valence-corrected chi connectivity index (χ1v) is 8.53. The largest absolute Gasteiger partial charge is 0.382 e. The SMILES string of the molecule is N#Cc1c(N)ncnc1Nc1c(C#N)c2cccc(F)c2c(=O)n1-c1ccccn1. The van der Waals surface area contributed by atoms with Gasteiger partial charge in [-0.1, -0.05) is 18.2 Å². The van der Waals surface area contributed by atoms with Crippen LogP contribution in [0.3, 0.4) is 0 Å². The standard InChI is InChI=1S/C20H11FN8O/c21-14-5-3-4-11-12(8-22)19(28-18-13(9-23)17(24)26-10-27-18)29(20(30)16(11)14)15-6-1-2-7-25-15/h1-7,10H,(H3,24,26,27,28). The number of rotatable bonds is 3. The quantitative estimate of drug-likeness (QED) is 0.535. The molecule has 1 aromatic carbocycles. The van der Waals surface area contributed by atoms with Crippen LogP contribution in [-0.2, 0) is 0 Å². The zero-order valence-electron chi connectivity index (χ0n) is 15.2. The summed E-state index contributed by atoms with van der Waals surface area (Å²) in [5.41, 5.74) is 4.90. The van der Waals surface area contributed by atoms with Gasteiger partial charge in [-0.2, -0.15) is 10.5 Å². The Morgan fingerprint density at radius 1 is 1.03 bits per heavy atom.